The quantitative estimate of drug-likeness (QED) is 0.204. The molecule has 0 unspecified atom stereocenters. The normalized spacial score (nSPS) is 13.4. The van der Waals surface area contributed by atoms with Crippen molar-refractivity contribution in [2.45, 2.75) is 47.0 Å². The van der Waals surface area contributed by atoms with Crippen LogP contribution in [0.5, 0.6) is 11.5 Å². The van der Waals surface area contributed by atoms with Crippen molar-refractivity contribution in [1.29, 1.82) is 0 Å². The molecule has 0 amide bonds. The number of para-hydroxylation sites is 1. The topological polar surface area (TPSA) is 33.5 Å². The number of pyridine rings is 1. The minimum Gasteiger partial charge on any atom is -0.457 e. The van der Waals surface area contributed by atoms with E-state index in [4.69, 9.17) is 9.72 Å². The van der Waals surface area contributed by atoms with Crippen LogP contribution in [0.15, 0.2) is 110 Å². The summed E-state index contributed by atoms with van der Waals surface area (Å²) in [7, 11) is 0. The molecule has 7 rings (SSSR count). The molecule has 2 aromatic heterocycles. The van der Waals surface area contributed by atoms with E-state index in [-0.39, 0.29) is 5.41 Å². The molecule has 0 radical (unpaired) electrons. The predicted octanol–water partition coefficient (Wildman–Crippen LogP) is 9.95. The zero-order valence-electron chi connectivity index (χ0n) is 26.3. The first-order chi connectivity index (χ1) is 21.2. The van der Waals surface area contributed by atoms with Crippen LogP contribution < -0.4 is 14.5 Å². The van der Waals surface area contributed by atoms with Crippen LogP contribution in [0.4, 0.5) is 11.4 Å². The van der Waals surface area contributed by atoms with E-state index >= 15 is 0 Å². The van der Waals surface area contributed by atoms with Crippen molar-refractivity contribution < 1.29 is 4.74 Å². The molecule has 0 aliphatic carbocycles. The Kier molecular flexibility index (Phi) is 6.69. The number of rotatable bonds is 5. The number of nitrogens with zero attached hydrogens (tertiary/aromatic N) is 4. The lowest BCUT2D eigenvalue weighted by Crippen LogP contribution is -2.25. The predicted molar refractivity (Wildman–Crippen MR) is 183 cm³/mol. The van der Waals surface area contributed by atoms with Gasteiger partial charge in [-0.2, -0.15) is 0 Å². The van der Waals surface area contributed by atoms with Gasteiger partial charge in [0.2, 0.25) is 0 Å². The lowest BCUT2D eigenvalue weighted by atomic mass is 9.88. The molecule has 0 N–H and O–H groups in total. The molecular weight excluding hydrogens is 540 g/mol. The van der Waals surface area contributed by atoms with Gasteiger partial charge in [-0.3, -0.25) is 4.57 Å². The first-order valence-electron chi connectivity index (χ1n) is 15.2. The van der Waals surface area contributed by atoms with Gasteiger partial charge in [-0.1, -0.05) is 51.1 Å². The lowest BCUT2D eigenvalue weighted by molar-refractivity contribution is 0.483. The molecule has 0 spiro atoms. The highest BCUT2D eigenvalue weighted by molar-refractivity contribution is 6.09. The summed E-state index contributed by atoms with van der Waals surface area (Å²) in [5, 5.41) is 2.37. The fourth-order valence-corrected chi connectivity index (χ4v) is 6.13. The largest absolute Gasteiger partial charge is 0.457 e. The molecule has 3 heterocycles. The Hall–Kier alpha value is -5.03. The summed E-state index contributed by atoms with van der Waals surface area (Å²) >= 11 is 0. The van der Waals surface area contributed by atoms with E-state index in [2.05, 4.69) is 153 Å². The van der Waals surface area contributed by atoms with Gasteiger partial charge in [-0.15, -0.1) is 0 Å². The molecule has 0 atom stereocenters. The maximum Gasteiger partial charge on any atom is 0.137 e. The second-order valence-electron chi connectivity index (χ2n) is 12.9. The number of benzene rings is 4. The van der Waals surface area contributed by atoms with Gasteiger partial charge in [0.15, 0.2) is 0 Å². The molecule has 1 aliphatic heterocycles. The molecule has 44 heavy (non-hydrogen) atoms. The number of anilines is 2. The molecule has 0 bridgehead atoms. The van der Waals surface area contributed by atoms with Crippen LogP contribution in [0.2, 0.25) is 0 Å². The minimum absolute atomic E-state index is 0.0230. The van der Waals surface area contributed by atoms with Crippen molar-refractivity contribution in [3.8, 4) is 17.3 Å². The SMILES string of the molecule is Cc1cc(C)c(N2C=CN(c3cccc(Oc4ccc5c6ccccc6n(-c6cc(C(C)(C)C)ccn6)c5c4)c3)C2)cc1C. The van der Waals surface area contributed by atoms with Crippen molar-refractivity contribution in [3.63, 3.8) is 0 Å². The number of hydrogen-bond donors (Lipinski definition) is 0. The smallest absolute Gasteiger partial charge is 0.137 e. The van der Waals surface area contributed by atoms with Gasteiger partial charge >= 0.3 is 0 Å². The second-order valence-corrected chi connectivity index (χ2v) is 12.9. The Morgan fingerprint density at radius 3 is 2.25 bits per heavy atom. The third-order valence-electron chi connectivity index (χ3n) is 8.72. The van der Waals surface area contributed by atoms with E-state index in [1.54, 1.807) is 0 Å². The maximum absolute atomic E-state index is 6.51. The number of hydrogen-bond acceptors (Lipinski definition) is 4. The van der Waals surface area contributed by atoms with Crippen LogP contribution in [0.1, 0.15) is 43.0 Å². The zero-order valence-corrected chi connectivity index (χ0v) is 26.3. The molecular formula is C39H38N4O. The van der Waals surface area contributed by atoms with E-state index in [1.807, 2.05) is 12.3 Å². The van der Waals surface area contributed by atoms with Crippen molar-refractivity contribution >= 4 is 33.2 Å². The average molecular weight is 579 g/mol. The molecule has 6 aromatic rings. The van der Waals surface area contributed by atoms with E-state index in [0.29, 0.717) is 0 Å². The molecule has 0 saturated carbocycles. The Labute approximate surface area is 259 Å². The van der Waals surface area contributed by atoms with Crippen molar-refractivity contribution in [3.05, 3.63) is 132 Å². The molecule has 5 heteroatoms. The Balaban J connectivity index is 1.20. The van der Waals surface area contributed by atoms with E-state index < -0.39 is 0 Å². The Morgan fingerprint density at radius 2 is 1.41 bits per heavy atom. The minimum atomic E-state index is 0.0230. The number of aromatic nitrogens is 2. The monoisotopic (exact) mass is 578 g/mol. The highest BCUT2D eigenvalue weighted by atomic mass is 16.5. The third-order valence-corrected chi connectivity index (χ3v) is 8.72. The number of ether oxygens (including phenoxy) is 1. The third kappa shape index (κ3) is 4.98. The van der Waals surface area contributed by atoms with Gasteiger partial charge in [0.1, 0.15) is 17.3 Å². The summed E-state index contributed by atoms with van der Waals surface area (Å²) in [5.41, 5.74) is 9.71. The van der Waals surface area contributed by atoms with Gasteiger partial charge < -0.3 is 14.5 Å². The molecule has 0 fully saturated rings. The summed E-state index contributed by atoms with van der Waals surface area (Å²) in [6.45, 7) is 14.0. The molecule has 0 saturated heterocycles. The molecule has 5 nitrogen and oxygen atoms in total. The van der Waals surface area contributed by atoms with Gasteiger partial charge in [-0.05, 0) is 97.0 Å². The van der Waals surface area contributed by atoms with E-state index in [0.717, 1.165) is 40.7 Å². The standard InChI is InChI=1S/C39H38N4O/c1-26-20-28(3)36(21-27(26)2)42-19-18-41(25-42)30-10-9-11-31(23-30)44-32-14-15-34-33-12-7-8-13-35(33)43(37(34)24-32)38-22-29(16-17-40-38)39(4,5)6/h7-24H,25H2,1-6H3. The highest BCUT2D eigenvalue weighted by Crippen LogP contribution is 2.37. The fourth-order valence-electron chi connectivity index (χ4n) is 6.13. The molecule has 4 aromatic carbocycles. The van der Waals surface area contributed by atoms with Gasteiger partial charge in [0, 0.05) is 52.9 Å². The summed E-state index contributed by atoms with van der Waals surface area (Å²) < 4.78 is 8.76. The van der Waals surface area contributed by atoms with Crippen molar-refractivity contribution in [2.24, 2.45) is 0 Å². The lowest BCUT2D eigenvalue weighted by Gasteiger charge is -2.24. The first kappa shape index (κ1) is 27.8. The van der Waals surface area contributed by atoms with E-state index in [1.165, 1.54) is 38.7 Å². The summed E-state index contributed by atoms with van der Waals surface area (Å²) in [6, 6.07) is 32.0. The number of fused-ring (bicyclic) bond motifs is 3. The fraction of sp³-hybridized carbons (Fsp3) is 0.205. The van der Waals surface area contributed by atoms with Crippen LogP contribution in [0.3, 0.4) is 0 Å². The van der Waals surface area contributed by atoms with Crippen LogP contribution in [-0.4, -0.2) is 16.2 Å². The molecule has 1 aliphatic rings. The van der Waals surface area contributed by atoms with Crippen LogP contribution in [0.25, 0.3) is 27.6 Å². The second kappa shape index (κ2) is 10.6. The highest BCUT2D eigenvalue weighted by Gasteiger charge is 2.20. The first-order valence-corrected chi connectivity index (χ1v) is 15.2. The van der Waals surface area contributed by atoms with Crippen LogP contribution in [-0.2, 0) is 5.41 Å². The van der Waals surface area contributed by atoms with Crippen LogP contribution >= 0.6 is 0 Å². The van der Waals surface area contributed by atoms with Crippen molar-refractivity contribution in [2.75, 3.05) is 16.5 Å². The Bertz CT molecular complexity index is 2060. The maximum atomic E-state index is 6.51. The molecule has 220 valence electrons. The number of aryl methyl sites for hydroxylation is 3. The summed E-state index contributed by atoms with van der Waals surface area (Å²) in [4.78, 5) is 9.36. The summed E-state index contributed by atoms with van der Waals surface area (Å²) in [5.74, 6) is 2.49. The van der Waals surface area contributed by atoms with Gasteiger partial charge in [0.05, 0.1) is 17.7 Å². The average Bonchev–Trinajstić information content (AvgIpc) is 3.62. The van der Waals surface area contributed by atoms with E-state index in [9.17, 15) is 0 Å². The van der Waals surface area contributed by atoms with Gasteiger partial charge in [-0.25, -0.2) is 4.98 Å². The van der Waals surface area contributed by atoms with Gasteiger partial charge in [0.25, 0.3) is 0 Å². The zero-order chi connectivity index (χ0) is 30.6. The van der Waals surface area contributed by atoms with Crippen LogP contribution in [0, 0.1) is 20.8 Å². The Morgan fingerprint density at radius 1 is 0.659 bits per heavy atom. The van der Waals surface area contributed by atoms with Crippen molar-refractivity contribution in [1.82, 2.24) is 9.55 Å². The summed E-state index contributed by atoms with van der Waals surface area (Å²) in [6.07, 6.45) is 6.20.